The quantitative estimate of drug-likeness (QED) is 0.845. The summed E-state index contributed by atoms with van der Waals surface area (Å²) >= 11 is 0. The fourth-order valence-electron chi connectivity index (χ4n) is 2.53. The standard InChI is InChI=1S/C14H17N3O3/c1-18-12-5-10-3-4-17(8-14-16-15-9-20-14)7-11(10)6-13(12)19-2/h5-6,9H,3-4,7-8H2,1-2H3. The highest BCUT2D eigenvalue weighted by Gasteiger charge is 2.20. The lowest BCUT2D eigenvalue weighted by Crippen LogP contribution is -2.30. The Hall–Kier alpha value is -2.08. The summed E-state index contributed by atoms with van der Waals surface area (Å²) in [6, 6.07) is 4.12. The topological polar surface area (TPSA) is 60.6 Å². The van der Waals surface area contributed by atoms with Crippen LogP contribution in [0.15, 0.2) is 22.9 Å². The lowest BCUT2D eigenvalue weighted by atomic mass is 9.99. The van der Waals surface area contributed by atoms with Crippen molar-refractivity contribution in [1.82, 2.24) is 15.1 Å². The third kappa shape index (κ3) is 2.46. The van der Waals surface area contributed by atoms with Gasteiger partial charge in [0.25, 0.3) is 0 Å². The van der Waals surface area contributed by atoms with Crippen molar-refractivity contribution in [2.24, 2.45) is 0 Å². The summed E-state index contributed by atoms with van der Waals surface area (Å²) in [6.45, 7) is 2.48. The van der Waals surface area contributed by atoms with Gasteiger partial charge in [0.15, 0.2) is 11.5 Å². The van der Waals surface area contributed by atoms with Crippen molar-refractivity contribution in [2.45, 2.75) is 19.5 Å². The maximum Gasteiger partial charge on any atom is 0.230 e. The number of ether oxygens (including phenoxy) is 2. The Bertz CT molecular complexity index is 584. The molecule has 0 unspecified atom stereocenters. The van der Waals surface area contributed by atoms with Gasteiger partial charge >= 0.3 is 0 Å². The van der Waals surface area contributed by atoms with Crippen LogP contribution in [0.5, 0.6) is 11.5 Å². The first-order valence-electron chi connectivity index (χ1n) is 6.51. The number of fused-ring (bicyclic) bond motifs is 1. The van der Waals surface area contributed by atoms with Crippen LogP contribution in [-0.2, 0) is 19.5 Å². The minimum absolute atomic E-state index is 0.647. The summed E-state index contributed by atoms with van der Waals surface area (Å²) in [5.41, 5.74) is 2.57. The van der Waals surface area contributed by atoms with E-state index in [4.69, 9.17) is 13.9 Å². The lowest BCUT2D eigenvalue weighted by molar-refractivity contribution is 0.220. The molecule has 1 aliphatic rings. The Labute approximate surface area is 117 Å². The van der Waals surface area contributed by atoms with Crippen LogP contribution in [0.25, 0.3) is 0 Å². The summed E-state index contributed by atoms with van der Waals surface area (Å²) in [6.07, 6.45) is 2.34. The van der Waals surface area contributed by atoms with Crippen LogP contribution >= 0.6 is 0 Å². The molecule has 20 heavy (non-hydrogen) atoms. The van der Waals surface area contributed by atoms with Crippen LogP contribution in [0.1, 0.15) is 17.0 Å². The largest absolute Gasteiger partial charge is 0.493 e. The predicted octanol–water partition coefficient (Wildman–Crippen LogP) is 1.65. The van der Waals surface area contributed by atoms with Gasteiger partial charge in [-0.05, 0) is 29.7 Å². The van der Waals surface area contributed by atoms with E-state index in [1.807, 2.05) is 6.07 Å². The molecule has 0 N–H and O–H groups in total. The van der Waals surface area contributed by atoms with E-state index in [0.29, 0.717) is 12.4 Å². The van der Waals surface area contributed by atoms with E-state index >= 15 is 0 Å². The third-order valence-corrected chi connectivity index (χ3v) is 3.56. The molecular weight excluding hydrogens is 258 g/mol. The minimum atomic E-state index is 0.647. The maximum absolute atomic E-state index is 5.36. The Balaban J connectivity index is 1.80. The molecule has 2 heterocycles. The number of benzene rings is 1. The summed E-state index contributed by atoms with van der Waals surface area (Å²) < 4.78 is 15.9. The summed E-state index contributed by atoms with van der Waals surface area (Å²) in [5.74, 6) is 2.21. The van der Waals surface area contributed by atoms with Gasteiger partial charge in [0.2, 0.25) is 12.3 Å². The number of rotatable bonds is 4. The zero-order valence-corrected chi connectivity index (χ0v) is 11.6. The van der Waals surface area contributed by atoms with Gasteiger partial charge in [-0.25, -0.2) is 0 Å². The third-order valence-electron chi connectivity index (χ3n) is 3.56. The zero-order chi connectivity index (χ0) is 13.9. The molecule has 1 aromatic heterocycles. The van der Waals surface area contributed by atoms with Gasteiger partial charge in [-0.2, -0.15) is 0 Å². The summed E-state index contributed by atoms with van der Waals surface area (Å²) in [5, 5.41) is 7.63. The molecule has 0 fully saturated rings. The Morgan fingerprint density at radius 1 is 1.20 bits per heavy atom. The van der Waals surface area contributed by atoms with Gasteiger partial charge in [0, 0.05) is 13.1 Å². The molecule has 0 spiro atoms. The fourth-order valence-corrected chi connectivity index (χ4v) is 2.53. The van der Waals surface area contributed by atoms with Gasteiger partial charge in [-0.15, -0.1) is 10.2 Å². The average molecular weight is 275 g/mol. The van der Waals surface area contributed by atoms with Crippen LogP contribution in [0.3, 0.4) is 0 Å². The van der Waals surface area contributed by atoms with Crippen LogP contribution in [0.2, 0.25) is 0 Å². The van der Waals surface area contributed by atoms with E-state index in [-0.39, 0.29) is 0 Å². The van der Waals surface area contributed by atoms with Gasteiger partial charge in [0.05, 0.1) is 20.8 Å². The van der Waals surface area contributed by atoms with Gasteiger partial charge in [0.1, 0.15) is 0 Å². The minimum Gasteiger partial charge on any atom is -0.493 e. The molecule has 0 aliphatic carbocycles. The second-order valence-corrected chi connectivity index (χ2v) is 4.77. The highest BCUT2D eigenvalue weighted by molar-refractivity contribution is 5.48. The zero-order valence-electron chi connectivity index (χ0n) is 11.6. The first-order valence-corrected chi connectivity index (χ1v) is 6.51. The molecule has 1 aliphatic heterocycles. The molecule has 0 bridgehead atoms. The van der Waals surface area contributed by atoms with Crippen LogP contribution < -0.4 is 9.47 Å². The number of hydrogen-bond donors (Lipinski definition) is 0. The molecule has 2 aromatic rings. The van der Waals surface area contributed by atoms with E-state index in [1.165, 1.54) is 17.5 Å². The molecule has 0 saturated heterocycles. The predicted molar refractivity (Wildman–Crippen MR) is 71.7 cm³/mol. The van der Waals surface area contributed by atoms with Crippen molar-refractivity contribution in [3.8, 4) is 11.5 Å². The van der Waals surface area contributed by atoms with E-state index in [9.17, 15) is 0 Å². The summed E-state index contributed by atoms with van der Waals surface area (Å²) in [4.78, 5) is 2.28. The summed E-state index contributed by atoms with van der Waals surface area (Å²) in [7, 11) is 3.32. The van der Waals surface area contributed by atoms with E-state index < -0.39 is 0 Å². The highest BCUT2D eigenvalue weighted by Crippen LogP contribution is 2.33. The molecular formula is C14H17N3O3. The van der Waals surface area contributed by atoms with E-state index in [2.05, 4.69) is 21.2 Å². The first-order chi connectivity index (χ1) is 9.80. The highest BCUT2D eigenvalue weighted by atomic mass is 16.5. The maximum atomic E-state index is 5.36. The molecule has 0 radical (unpaired) electrons. The number of aromatic nitrogens is 2. The van der Waals surface area contributed by atoms with Crippen molar-refractivity contribution >= 4 is 0 Å². The van der Waals surface area contributed by atoms with Crippen molar-refractivity contribution in [2.75, 3.05) is 20.8 Å². The van der Waals surface area contributed by atoms with Crippen molar-refractivity contribution in [3.05, 3.63) is 35.5 Å². The Kier molecular flexibility index (Phi) is 3.56. The van der Waals surface area contributed by atoms with E-state index in [0.717, 1.165) is 31.0 Å². The molecule has 1 aromatic carbocycles. The van der Waals surface area contributed by atoms with Crippen LogP contribution in [0.4, 0.5) is 0 Å². The first kappa shape index (κ1) is 12.9. The smallest absolute Gasteiger partial charge is 0.230 e. The number of nitrogens with zero attached hydrogens (tertiary/aromatic N) is 3. The molecule has 6 heteroatoms. The Morgan fingerprint density at radius 2 is 1.95 bits per heavy atom. The second-order valence-electron chi connectivity index (χ2n) is 4.77. The fraction of sp³-hybridized carbons (Fsp3) is 0.429. The molecule has 106 valence electrons. The van der Waals surface area contributed by atoms with E-state index in [1.54, 1.807) is 14.2 Å². The average Bonchev–Trinajstić information content (AvgIpc) is 2.98. The van der Waals surface area contributed by atoms with Gasteiger partial charge < -0.3 is 13.9 Å². The second kappa shape index (κ2) is 5.50. The molecule has 3 rings (SSSR count). The Morgan fingerprint density at radius 3 is 2.60 bits per heavy atom. The van der Waals surface area contributed by atoms with Crippen LogP contribution in [-0.4, -0.2) is 35.9 Å². The normalized spacial score (nSPS) is 14.9. The van der Waals surface area contributed by atoms with Crippen LogP contribution in [0, 0.1) is 0 Å². The van der Waals surface area contributed by atoms with Gasteiger partial charge in [-0.1, -0.05) is 0 Å². The molecule has 0 amide bonds. The lowest BCUT2D eigenvalue weighted by Gasteiger charge is -2.28. The monoisotopic (exact) mass is 275 g/mol. The van der Waals surface area contributed by atoms with Gasteiger partial charge in [-0.3, -0.25) is 4.90 Å². The molecule has 6 nitrogen and oxygen atoms in total. The molecule has 0 atom stereocenters. The SMILES string of the molecule is COc1cc2c(cc1OC)CN(Cc1nnco1)CC2. The van der Waals surface area contributed by atoms with Crippen molar-refractivity contribution < 1.29 is 13.9 Å². The van der Waals surface area contributed by atoms with Crippen molar-refractivity contribution in [3.63, 3.8) is 0 Å². The molecule has 0 saturated carbocycles. The number of hydrogen-bond acceptors (Lipinski definition) is 6. The number of methoxy groups -OCH3 is 2. The van der Waals surface area contributed by atoms with Crippen molar-refractivity contribution in [1.29, 1.82) is 0 Å².